The van der Waals surface area contributed by atoms with E-state index < -0.39 is 32.4 Å². The highest BCUT2D eigenvalue weighted by Gasteiger charge is 2.74. The fraction of sp³-hybridized carbons (Fsp3) is 0.462. The number of ether oxygens (including phenoxy) is 1. The normalized spacial score (nSPS) is 28.9. The van der Waals surface area contributed by atoms with Crippen LogP contribution in [0, 0.1) is 5.41 Å². The fourth-order valence-corrected chi connectivity index (χ4v) is 4.83. The van der Waals surface area contributed by atoms with Crippen molar-refractivity contribution in [1.82, 2.24) is 0 Å². The van der Waals surface area contributed by atoms with Gasteiger partial charge < -0.3 is 15.6 Å². The predicted molar refractivity (Wildman–Crippen MR) is 73.5 cm³/mol. The van der Waals surface area contributed by atoms with Crippen molar-refractivity contribution in [1.29, 1.82) is 0 Å². The van der Waals surface area contributed by atoms with Crippen molar-refractivity contribution in [3.8, 4) is 5.75 Å². The van der Waals surface area contributed by atoms with Gasteiger partial charge in [0.25, 0.3) is 0 Å². The minimum atomic E-state index is -3.50. The zero-order valence-electron chi connectivity index (χ0n) is 11.2. The Balaban J connectivity index is 2.46. The second-order valence-electron chi connectivity index (χ2n) is 5.05. The summed E-state index contributed by atoms with van der Waals surface area (Å²) in [6.45, 7) is -0.212. The third-order valence-electron chi connectivity index (χ3n) is 3.93. The average molecular weight is 299 g/mol. The van der Waals surface area contributed by atoms with Crippen LogP contribution in [0.1, 0.15) is 11.5 Å². The number of carbonyl (C=O) groups is 1. The molecule has 6 nitrogen and oxygen atoms in total. The average Bonchev–Trinajstić information content (AvgIpc) is 3.09. The molecule has 3 atom stereocenters. The van der Waals surface area contributed by atoms with Gasteiger partial charge in [-0.25, -0.2) is 8.42 Å². The number of rotatable bonds is 5. The van der Waals surface area contributed by atoms with Crippen molar-refractivity contribution < 1.29 is 23.1 Å². The van der Waals surface area contributed by atoms with Gasteiger partial charge in [-0.1, -0.05) is 12.1 Å². The molecule has 0 saturated heterocycles. The Bertz CT molecular complexity index is 625. The van der Waals surface area contributed by atoms with Crippen molar-refractivity contribution in [3.05, 3.63) is 29.8 Å². The Morgan fingerprint density at radius 2 is 1.95 bits per heavy atom. The Hall–Kier alpha value is -1.60. The molecule has 1 fully saturated rings. The summed E-state index contributed by atoms with van der Waals surface area (Å²) in [7, 11) is -1.98. The summed E-state index contributed by atoms with van der Waals surface area (Å²) in [5.74, 6) is -1.17. The molecule has 0 heterocycles. The molecule has 1 aliphatic carbocycles. The minimum absolute atomic E-state index is 0.212. The van der Waals surface area contributed by atoms with E-state index in [1.807, 2.05) is 0 Å². The van der Waals surface area contributed by atoms with Crippen molar-refractivity contribution in [2.24, 2.45) is 11.1 Å². The number of carboxylic acid groups (broad SMARTS) is 1. The maximum Gasteiger partial charge on any atom is 0.312 e. The summed E-state index contributed by atoms with van der Waals surface area (Å²) in [5, 5.41) is 8.42. The van der Waals surface area contributed by atoms with Gasteiger partial charge in [0, 0.05) is 18.7 Å². The number of methoxy groups -OCH3 is 1. The molecule has 3 N–H and O–H groups in total. The molecule has 0 amide bonds. The molecule has 20 heavy (non-hydrogen) atoms. The van der Waals surface area contributed by atoms with Gasteiger partial charge in [-0.15, -0.1) is 0 Å². The molecule has 0 aliphatic heterocycles. The lowest BCUT2D eigenvalue weighted by molar-refractivity contribution is -0.143. The summed E-state index contributed by atoms with van der Waals surface area (Å²) in [4.78, 5) is 11.5. The minimum Gasteiger partial charge on any atom is -0.497 e. The van der Waals surface area contributed by atoms with Gasteiger partial charge in [0.15, 0.2) is 9.84 Å². The van der Waals surface area contributed by atoms with E-state index in [9.17, 15) is 18.3 Å². The summed E-state index contributed by atoms with van der Waals surface area (Å²) in [6, 6.07) is 6.72. The first-order chi connectivity index (χ1) is 9.29. The third kappa shape index (κ3) is 2.06. The lowest BCUT2D eigenvalue weighted by Crippen LogP contribution is -2.31. The lowest BCUT2D eigenvalue weighted by Gasteiger charge is -2.09. The number of hydrogen-bond donors (Lipinski definition) is 2. The van der Waals surface area contributed by atoms with Crippen LogP contribution >= 0.6 is 0 Å². The Labute approximate surface area is 117 Å². The van der Waals surface area contributed by atoms with Crippen LogP contribution in [-0.4, -0.2) is 44.7 Å². The first-order valence-corrected chi connectivity index (χ1v) is 8.00. The third-order valence-corrected chi connectivity index (χ3v) is 5.54. The van der Waals surface area contributed by atoms with Gasteiger partial charge in [-0.2, -0.15) is 0 Å². The van der Waals surface area contributed by atoms with E-state index in [1.165, 1.54) is 7.11 Å². The molecule has 0 aromatic heterocycles. The van der Waals surface area contributed by atoms with Gasteiger partial charge in [0.05, 0.1) is 12.4 Å². The molecule has 1 aromatic carbocycles. The number of aliphatic carboxylic acids is 1. The molecule has 1 saturated carbocycles. The van der Waals surface area contributed by atoms with E-state index in [4.69, 9.17) is 10.5 Å². The summed E-state index contributed by atoms with van der Waals surface area (Å²) < 4.78 is 28.7. The quantitative estimate of drug-likeness (QED) is 0.806. The van der Waals surface area contributed by atoms with E-state index in [0.717, 1.165) is 6.26 Å². The number of benzene rings is 1. The highest BCUT2D eigenvalue weighted by Crippen LogP contribution is 2.62. The van der Waals surface area contributed by atoms with Crippen LogP contribution in [0.2, 0.25) is 0 Å². The predicted octanol–water partition coefficient (Wildman–Crippen LogP) is 0.235. The number of hydrogen-bond acceptors (Lipinski definition) is 5. The van der Waals surface area contributed by atoms with Crippen molar-refractivity contribution >= 4 is 15.8 Å². The van der Waals surface area contributed by atoms with Gasteiger partial charge in [0.2, 0.25) is 0 Å². The Morgan fingerprint density at radius 1 is 1.40 bits per heavy atom. The maximum atomic E-state index is 11.8. The summed E-state index contributed by atoms with van der Waals surface area (Å²) in [6.07, 6.45) is 1.05. The van der Waals surface area contributed by atoms with Crippen LogP contribution in [0.4, 0.5) is 0 Å². The Morgan fingerprint density at radius 3 is 2.25 bits per heavy atom. The van der Waals surface area contributed by atoms with Gasteiger partial charge in [-0.3, -0.25) is 4.79 Å². The molecule has 110 valence electrons. The second kappa shape index (κ2) is 4.75. The molecule has 1 aliphatic rings. The number of nitrogens with two attached hydrogens (primary N) is 1. The van der Waals surface area contributed by atoms with Crippen LogP contribution in [0.3, 0.4) is 0 Å². The second-order valence-corrected chi connectivity index (χ2v) is 7.22. The standard InChI is InChI=1S/C13H17NO5S/c1-19-9-5-3-8(4-6-9)10-11(20(2,17)18)13(10,7-14)12(15)16/h3-6,10-11H,7,14H2,1-2H3,(H,15,16)/t10-,11+,13+/m1/s1. The monoisotopic (exact) mass is 299 g/mol. The van der Waals surface area contributed by atoms with Crippen LogP contribution in [0.25, 0.3) is 0 Å². The summed E-state index contributed by atoms with van der Waals surface area (Å²) in [5.41, 5.74) is 4.79. The van der Waals surface area contributed by atoms with Crippen LogP contribution in [0.5, 0.6) is 5.75 Å². The highest BCUT2D eigenvalue weighted by molar-refractivity contribution is 7.91. The molecule has 0 radical (unpaired) electrons. The number of sulfone groups is 1. The Kier molecular flexibility index (Phi) is 3.51. The topological polar surface area (TPSA) is 107 Å². The van der Waals surface area contributed by atoms with Gasteiger partial charge >= 0.3 is 5.97 Å². The SMILES string of the molecule is COc1ccc([C@@H]2[C@H](S(C)(=O)=O)[C@@]2(CN)C(=O)O)cc1. The van der Waals surface area contributed by atoms with E-state index in [-0.39, 0.29) is 6.54 Å². The first-order valence-electron chi connectivity index (χ1n) is 6.05. The zero-order chi connectivity index (χ0) is 15.1. The number of carboxylic acids is 1. The lowest BCUT2D eigenvalue weighted by atomic mass is 9.99. The van der Waals surface area contributed by atoms with Gasteiger partial charge in [-0.05, 0) is 17.7 Å². The van der Waals surface area contributed by atoms with E-state index in [2.05, 4.69) is 0 Å². The first kappa shape index (κ1) is 14.8. The molecular formula is C13H17NO5S. The zero-order valence-corrected chi connectivity index (χ0v) is 12.1. The van der Waals surface area contributed by atoms with Crippen LogP contribution in [0.15, 0.2) is 24.3 Å². The molecule has 2 rings (SSSR count). The fourth-order valence-electron chi connectivity index (χ4n) is 2.90. The van der Waals surface area contributed by atoms with E-state index >= 15 is 0 Å². The van der Waals surface area contributed by atoms with E-state index in [1.54, 1.807) is 24.3 Å². The molecular weight excluding hydrogens is 282 g/mol. The smallest absolute Gasteiger partial charge is 0.312 e. The van der Waals surface area contributed by atoms with Crippen molar-refractivity contribution in [2.75, 3.05) is 19.9 Å². The van der Waals surface area contributed by atoms with Crippen LogP contribution in [-0.2, 0) is 14.6 Å². The summed E-state index contributed by atoms with van der Waals surface area (Å²) >= 11 is 0. The molecule has 0 spiro atoms. The molecule has 7 heteroatoms. The van der Waals surface area contributed by atoms with E-state index in [0.29, 0.717) is 11.3 Å². The maximum absolute atomic E-state index is 11.8. The van der Waals surface area contributed by atoms with Crippen molar-refractivity contribution in [2.45, 2.75) is 11.2 Å². The molecule has 0 unspecified atom stereocenters. The molecule has 1 aromatic rings. The molecule has 0 bridgehead atoms. The largest absolute Gasteiger partial charge is 0.497 e. The van der Waals surface area contributed by atoms with Crippen molar-refractivity contribution in [3.63, 3.8) is 0 Å². The highest BCUT2D eigenvalue weighted by atomic mass is 32.2. The van der Waals surface area contributed by atoms with Crippen LogP contribution < -0.4 is 10.5 Å². The van der Waals surface area contributed by atoms with Gasteiger partial charge in [0.1, 0.15) is 11.2 Å².